The largest absolute Gasteiger partial charge is 0.466 e. The molecule has 0 radical (unpaired) electrons. The number of carbonyl (C=O) groups is 3. The highest BCUT2D eigenvalue weighted by molar-refractivity contribution is 6.10. The van der Waals surface area contributed by atoms with Crippen LogP contribution in [0.4, 0.5) is 0 Å². The molecular weight excluding hydrogens is 260 g/mol. The Labute approximate surface area is 117 Å². The van der Waals surface area contributed by atoms with Crippen molar-refractivity contribution >= 4 is 17.7 Å². The van der Waals surface area contributed by atoms with E-state index in [0.29, 0.717) is 5.56 Å². The van der Waals surface area contributed by atoms with E-state index in [1.54, 1.807) is 44.2 Å². The number of Topliss-reactive ketones (excluding diaryl/α,β-unsaturated/α-hetero) is 1. The van der Waals surface area contributed by atoms with E-state index in [9.17, 15) is 14.4 Å². The van der Waals surface area contributed by atoms with E-state index in [1.165, 1.54) is 0 Å². The van der Waals surface area contributed by atoms with Crippen LogP contribution in [0.2, 0.25) is 0 Å². The van der Waals surface area contributed by atoms with Crippen LogP contribution in [0.3, 0.4) is 0 Å². The Kier molecular flexibility index (Phi) is 6.43. The number of hydrogen-bond donors (Lipinski definition) is 0. The quantitative estimate of drug-likeness (QED) is 0.433. The van der Waals surface area contributed by atoms with E-state index >= 15 is 0 Å². The number of ketones is 1. The summed E-state index contributed by atoms with van der Waals surface area (Å²) < 4.78 is 9.65. The van der Waals surface area contributed by atoms with Gasteiger partial charge in [0.25, 0.3) is 0 Å². The van der Waals surface area contributed by atoms with Gasteiger partial charge in [-0.2, -0.15) is 0 Å². The fourth-order valence-corrected chi connectivity index (χ4v) is 1.72. The predicted molar refractivity (Wildman–Crippen MR) is 72.1 cm³/mol. The molecule has 0 aliphatic heterocycles. The van der Waals surface area contributed by atoms with Crippen molar-refractivity contribution in [2.45, 2.75) is 20.3 Å². The second-order valence-corrected chi connectivity index (χ2v) is 4.04. The first kappa shape index (κ1) is 15.9. The minimum Gasteiger partial charge on any atom is -0.466 e. The minimum absolute atomic E-state index is 0.153. The van der Waals surface area contributed by atoms with Crippen LogP contribution in [-0.4, -0.2) is 30.9 Å². The molecule has 0 spiro atoms. The van der Waals surface area contributed by atoms with Crippen molar-refractivity contribution in [3.63, 3.8) is 0 Å². The van der Waals surface area contributed by atoms with Crippen molar-refractivity contribution in [3.05, 3.63) is 35.9 Å². The maximum Gasteiger partial charge on any atom is 0.317 e. The third-order valence-corrected chi connectivity index (χ3v) is 2.62. The van der Waals surface area contributed by atoms with Crippen LogP contribution >= 0.6 is 0 Å². The lowest BCUT2D eigenvalue weighted by Gasteiger charge is -2.13. The van der Waals surface area contributed by atoms with Gasteiger partial charge < -0.3 is 9.47 Å². The number of carbonyl (C=O) groups excluding carboxylic acids is 3. The fourth-order valence-electron chi connectivity index (χ4n) is 1.72. The summed E-state index contributed by atoms with van der Waals surface area (Å²) in [5.74, 6) is -2.88. The van der Waals surface area contributed by atoms with Crippen molar-refractivity contribution < 1.29 is 23.9 Å². The third-order valence-electron chi connectivity index (χ3n) is 2.62. The summed E-state index contributed by atoms with van der Waals surface area (Å²) in [6.07, 6.45) is -0.305. The first-order chi connectivity index (χ1) is 9.60. The van der Waals surface area contributed by atoms with Crippen LogP contribution in [0.1, 0.15) is 30.6 Å². The van der Waals surface area contributed by atoms with Crippen molar-refractivity contribution in [1.82, 2.24) is 0 Å². The van der Waals surface area contributed by atoms with Gasteiger partial charge in [0.15, 0.2) is 5.78 Å². The Morgan fingerprint density at radius 2 is 1.60 bits per heavy atom. The lowest BCUT2D eigenvalue weighted by molar-refractivity contribution is -0.152. The van der Waals surface area contributed by atoms with Gasteiger partial charge in [0, 0.05) is 5.56 Å². The van der Waals surface area contributed by atoms with E-state index in [-0.39, 0.29) is 19.6 Å². The Bertz CT molecular complexity index is 466. The monoisotopic (exact) mass is 278 g/mol. The highest BCUT2D eigenvalue weighted by atomic mass is 16.5. The Balaban J connectivity index is 2.89. The van der Waals surface area contributed by atoms with Crippen LogP contribution in [-0.2, 0) is 19.1 Å². The Morgan fingerprint density at radius 3 is 2.15 bits per heavy atom. The summed E-state index contributed by atoms with van der Waals surface area (Å²) in [5, 5.41) is 0. The van der Waals surface area contributed by atoms with Gasteiger partial charge in [0.05, 0.1) is 19.6 Å². The molecule has 108 valence electrons. The van der Waals surface area contributed by atoms with Gasteiger partial charge in [-0.25, -0.2) is 0 Å². The highest BCUT2D eigenvalue weighted by Crippen LogP contribution is 2.15. The summed E-state index contributed by atoms with van der Waals surface area (Å²) >= 11 is 0. The van der Waals surface area contributed by atoms with Crippen molar-refractivity contribution in [2.75, 3.05) is 13.2 Å². The van der Waals surface area contributed by atoms with Gasteiger partial charge in [0.1, 0.15) is 5.92 Å². The number of hydrogen-bond acceptors (Lipinski definition) is 5. The highest BCUT2D eigenvalue weighted by Gasteiger charge is 2.31. The first-order valence-electron chi connectivity index (χ1n) is 6.51. The second-order valence-electron chi connectivity index (χ2n) is 4.04. The molecule has 0 aliphatic carbocycles. The van der Waals surface area contributed by atoms with E-state index in [2.05, 4.69) is 0 Å². The average molecular weight is 278 g/mol. The molecular formula is C15H18O5. The van der Waals surface area contributed by atoms with Crippen LogP contribution in [0.5, 0.6) is 0 Å². The first-order valence-corrected chi connectivity index (χ1v) is 6.51. The second kappa shape index (κ2) is 8.09. The molecule has 0 saturated carbocycles. The van der Waals surface area contributed by atoms with Gasteiger partial charge in [-0.15, -0.1) is 0 Å². The van der Waals surface area contributed by atoms with Gasteiger partial charge in [-0.05, 0) is 13.8 Å². The standard InChI is InChI=1S/C15H18O5/c1-3-19-13(16)10-12(15(18)20-4-2)14(17)11-8-6-5-7-9-11/h5-9,12H,3-4,10H2,1-2H3/t12-/m1/s1. The van der Waals surface area contributed by atoms with E-state index in [0.717, 1.165) is 0 Å². The topological polar surface area (TPSA) is 69.7 Å². The average Bonchev–Trinajstić information content (AvgIpc) is 2.45. The molecule has 0 N–H and O–H groups in total. The minimum atomic E-state index is -1.16. The SMILES string of the molecule is CCOC(=O)C[C@@H](C(=O)OCC)C(=O)c1ccccc1. The maximum atomic E-state index is 12.3. The molecule has 0 saturated heterocycles. The van der Waals surface area contributed by atoms with Crippen LogP contribution < -0.4 is 0 Å². The van der Waals surface area contributed by atoms with Crippen LogP contribution in [0.15, 0.2) is 30.3 Å². The van der Waals surface area contributed by atoms with Gasteiger partial charge in [-0.3, -0.25) is 14.4 Å². The van der Waals surface area contributed by atoms with Gasteiger partial charge in [-0.1, -0.05) is 30.3 Å². The molecule has 1 rings (SSSR count). The molecule has 0 aliphatic rings. The van der Waals surface area contributed by atoms with Crippen molar-refractivity contribution in [1.29, 1.82) is 0 Å². The van der Waals surface area contributed by atoms with E-state index in [1.807, 2.05) is 0 Å². The predicted octanol–water partition coefficient (Wildman–Crippen LogP) is 2.00. The number of rotatable bonds is 7. The molecule has 0 fully saturated rings. The zero-order chi connectivity index (χ0) is 15.0. The lowest BCUT2D eigenvalue weighted by Crippen LogP contribution is -2.29. The zero-order valence-electron chi connectivity index (χ0n) is 11.6. The lowest BCUT2D eigenvalue weighted by atomic mass is 9.94. The normalized spacial score (nSPS) is 11.5. The number of esters is 2. The van der Waals surface area contributed by atoms with Crippen molar-refractivity contribution in [3.8, 4) is 0 Å². The molecule has 5 heteroatoms. The zero-order valence-corrected chi connectivity index (χ0v) is 11.6. The van der Waals surface area contributed by atoms with E-state index < -0.39 is 23.6 Å². The fraction of sp³-hybridized carbons (Fsp3) is 0.400. The molecule has 0 amide bonds. The number of benzene rings is 1. The summed E-state index contributed by atoms with van der Waals surface area (Å²) in [6, 6.07) is 8.35. The van der Waals surface area contributed by atoms with Gasteiger partial charge in [0.2, 0.25) is 0 Å². The van der Waals surface area contributed by atoms with Gasteiger partial charge >= 0.3 is 11.9 Å². The van der Waals surface area contributed by atoms with Crippen molar-refractivity contribution in [2.24, 2.45) is 5.92 Å². The van der Waals surface area contributed by atoms with Crippen LogP contribution in [0, 0.1) is 5.92 Å². The molecule has 1 aromatic rings. The molecule has 5 nitrogen and oxygen atoms in total. The Morgan fingerprint density at radius 1 is 1.00 bits per heavy atom. The third kappa shape index (κ3) is 4.50. The summed E-state index contributed by atoms with van der Waals surface area (Å²) in [5.41, 5.74) is 0.370. The number of ether oxygens (including phenoxy) is 2. The molecule has 0 bridgehead atoms. The molecule has 0 unspecified atom stereocenters. The smallest absolute Gasteiger partial charge is 0.317 e. The molecule has 20 heavy (non-hydrogen) atoms. The maximum absolute atomic E-state index is 12.3. The molecule has 0 heterocycles. The van der Waals surface area contributed by atoms with Crippen LogP contribution in [0.25, 0.3) is 0 Å². The molecule has 1 atom stereocenters. The Hall–Kier alpha value is -2.17. The summed E-state index contributed by atoms with van der Waals surface area (Å²) in [7, 11) is 0. The molecule has 1 aromatic carbocycles. The van der Waals surface area contributed by atoms with E-state index in [4.69, 9.17) is 9.47 Å². The summed E-state index contributed by atoms with van der Waals surface area (Å²) in [6.45, 7) is 3.66. The summed E-state index contributed by atoms with van der Waals surface area (Å²) in [4.78, 5) is 35.7. The molecule has 0 aromatic heterocycles.